The summed E-state index contributed by atoms with van der Waals surface area (Å²) in [7, 11) is -0.169. The topological polar surface area (TPSA) is 72.5 Å². The van der Waals surface area contributed by atoms with Crippen molar-refractivity contribution in [3.8, 4) is 0 Å². The lowest BCUT2D eigenvalue weighted by Gasteiger charge is -2.36. The van der Waals surface area contributed by atoms with E-state index >= 15 is 0 Å². The van der Waals surface area contributed by atoms with Gasteiger partial charge in [0.1, 0.15) is 12.2 Å². The van der Waals surface area contributed by atoms with Crippen LogP contribution in [0.1, 0.15) is 69.1 Å². The number of thiophene rings is 1. The maximum atomic E-state index is 13.2. The van der Waals surface area contributed by atoms with Crippen LogP contribution in [0.25, 0.3) is 0 Å². The first-order chi connectivity index (χ1) is 14.2. The minimum absolute atomic E-state index is 0.00340. The highest BCUT2D eigenvalue weighted by Gasteiger charge is 2.41. The molecule has 0 bridgehead atoms. The third kappa shape index (κ3) is 5.25. The molecule has 1 aromatic heterocycles. The standard InChI is InChI=1S/C23H29NO4S2/c1-22(2,3)30(27)24-23(19-11-12-29-15-19,14-20(25)13-21(26)28-4)18-9-7-17(8-10-18)16-5-6-16/h7-12,15-16,24H,5-6,13-14H2,1-4H3. The maximum Gasteiger partial charge on any atom is 0.313 e. The Kier molecular flexibility index (Phi) is 6.95. The first-order valence-electron chi connectivity index (χ1n) is 10.1. The summed E-state index contributed by atoms with van der Waals surface area (Å²) in [6.07, 6.45) is 2.10. The van der Waals surface area contributed by atoms with Gasteiger partial charge in [-0.2, -0.15) is 11.3 Å². The highest BCUT2D eigenvalue weighted by atomic mass is 32.2. The highest BCUT2D eigenvalue weighted by Crippen LogP contribution is 2.42. The second kappa shape index (κ2) is 9.12. The van der Waals surface area contributed by atoms with Crippen molar-refractivity contribution in [1.82, 2.24) is 4.72 Å². The van der Waals surface area contributed by atoms with Crippen molar-refractivity contribution < 1.29 is 18.5 Å². The van der Waals surface area contributed by atoms with E-state index in [0.717, 1.165) is 11.1 Å². The normalized spacial score (nSPS) is 17.2. The van der Waals surface area contributed by atoms with Crippen molar-refractivity contribution in [2.75, 3.05) is 7.11 Å². The second-order valence-electron chi connectivity index (χ2n) is 8.77. The van der Waals surface area contributed by atoms with Gasteiger partial charge < -0.3 is 4.74 Å². The highest BCUT2D eigenvalue weighted by molar-refractivity contribution is 7.84. The number of benzene rings is 1. The Bertz CT molecular complexity index is 912. The molecular weight excluding hydrogens is 418 g/mol. The van der Waals surface area contributed by atoms with E-state index in [0.29, 0.717) is 5.92 Å². The van der Waals surface area contributed by atoms with Gasteiger partial charge in [0, 0.05) is 6.42 Å². The van der Waals surface area contributed by atoms with Crippen molar-refractivity contribution in [1.29, 1.82) is 0 Å². The summed E-state index contributed by atoms with van der Waals surface area (Å²) >= 11 is 1.52. The third-order valence-corrected chi connectivity index (χ3v) is 7.65. The zero-order valence-electron chi connectivity index (χ0n) is 17.9. The third-order valence-electron chi connectivity index (χ3n) is 5.32. The number of carbonyl (C=O) groups excluding carboxylic acids is 2. The molecular formula is C23H29NO4S2. The van der Waals surface area contributed by atoms with Gasteiger partial charge in [-0.25, -0.2) is 8.93 Å². The molecule has 1 aliphatic rings. The minimum Gasteiger partial charge on any atom is -0.469 e. The van der Waals surface area contributed by atoms with Gasteiger partial charge in [0.15, 0.2) is 0 Å². The van der Waals surface area contributed by atoms with E-state index in [1.165, 1.54) is 36.9 Å². The fourth-order valence-electron chi connectivity index (χ4n) is 3.39. The van der Waals surface area contributed by atoms with Crippen molar-refractivity contribution in [3.05, 3.63) is 57.8 Å². The van der Waals surface area contributed by atoms with E-state index in [4.69, 9.17) is 0 Å². The van der Waals surface area contributed by atoms with Crippen LogP contribution in [0.3, 0.4) is 0 Å². The van der Waals surface area contributed by atoms with Gasteiger partial charge in [-0.1, -0.05) is 24.3 Å². The largest absolute Gasteiger partial charge is 0.469 e. The van der Waals surface area contributed by atoms with Gasteiger partial charge in [-0.3, -0.25) is 9.59 Å². The van der Waals surface area contributed by atoms with Gasteiger partial charge in [-0.05, 0) is 73.0 Å². The predicted octanol–water partition coefficient (Wildman–Crippen LogP) is 4.44. The summed E-state index contributed by atoms with van der Waals surface area (Å²) in [5, 5.41) is 3.90. The molecule has 5 nitrogen and oxygen atoms in total. The molecule has 0 amide bonds. The van der Waals surface area contributed by atoms with E-state index in [-0.39, 0.29) is 18.6 Å². The Morgan fingerprint density at radius 1 is 1.13 bits per heavy atom. The number of nitrogens with one attached hydrogen (secondary N) is 1. The zero-order chi connectivity index (χ0) is 21.9. The van der Waals surface area contributed by atoms with Crippen molar-refractivity contribution in [3.63, 3.8) is 0 Å². The molecule has 3 rings (SSSR count). The lowest BCUT2D eigenvalue weighted by Crippen LogP contribution is -2.50. The summed E-state index contributed by atoms with van der Waals surface area (Å²) in [5.41, 5.74) is 2.02. The van der Waals surface area contributed by atoms with Gasteiger partial charge in [0.25, 0.3) is 0 Å². The monoisotopic (exact) mass is 447 g/mol. The maximum absolute atomic E-state index is 13.2. The average Bonchev–Trinajstić information content (AvgIpc) is 3.40. The SMILES string of the molecule is COC(=O)CC(=O)CC(NS(=O)C(C)(C)C)(c1ccc(C2CC2)cc1)c1ccsc1. The Morgan fingerprint density at radius 2 is 1.80 bits per heavy atom. The number of ether oxygens (including phenoxy) is 1. The average molecular weight is 448 g/mol. The van der Waals surface area contributed by atoms with Crippen LogP contribution in [0.2, 0.25) is 0 Å². The molecule has 2 aromatic rings. The lowest BCUT2D eigenvalue weighted by molar-refractivity contribution is -0.143. The van der Waals surface area contributed by atoms with Crippen LogP contribution in [0.5, 0.6) is 0 Å². The summed E-state index contributed by atoms with van der Waals surface area (Å²) in [5.74, 6) is -0.217. The fraction of sp³-hybridized carbons (Fsp3) is 0.478. The molecule has 1 aromatic carbocycles. The van der Waals surface area contributed by atoms with E-state index in [1.54, 1.807) is 0 Å². The molecule has 1 heterocycles. The fourth-order valence-corrected chi connectivity index (χ4v) is 5.05. The zero-order valence-corrected chi connectivity index (χ0v) is 19.5. The molecule has 1 aliphatic carbocycles. The van der Waals surface area contributed by atoms with Crippen LogP contribution >= 0.6 is 11.3 Å². The first kappa shape index (κ1) is 22.8. The minimum atomic E-state index is -1.44. The van der Waals surface area contributed by atoms with Crippen LogP contribution < -0.4 is 4.72 Å². The Labute approximate surface area is 184 Å². The summed E-state index contributed by atoms with van der Waals surface area (Å²) < 4.78 is 20.6. The van der Waals surface area contributed by atoms with E-state index in [9.17, 15) is 13.8 Å². The molecule has 2 atom stereocenters. The summed E-state index contributed by atoms with van der Waals surface area (Å²) in [6.45, 7) is 5.67. The Hall–Kier alpha value is -1.83. The van der Waals surface area contributed by atoms with E-state index in [2.05, 4.69) is 21.6 Å². The molecule has 1 saturated carbocycles. The molecule has 1 fully saturated rings. The smallest absolute Gasteiger partial charge is 0.313 e. The van der Waals surface area contributed by atoms with Crippen LogP contribution in [0.15, 0.2) is 41.1 Å². The van der Waals surface area contributed by atoms with Crippen LogP contribution in [-0.4, -0.2) is 27.8 Å². The molecule has 0 saturated heterocycles. The number of hydrogen-bond donors (Lipinski definition) is 1. The second-order valence-corrected chi connectivity index (χ2v) is 11.5. The predicted molar refractivity (Wildman–Crippen MR) is 121 cm³/mol. The van der Waals surface area contributed by atoms with Gasteiger partial charge in [0.05, 0.1) is 28.4 Å². The molecule has 2 unspecified atom stereocenters. The van der Waals surface area contributed by atoms with Gasteiger partial charge in [-0.15, -0.1) is 0 Å². The number of hydrogen-bond acceptors (Lipinski definition) is 5. The number of rotatable bonds is 9. The lowest BCUT2D eigenvalue weighted by atomic mass is 9.80. The number of Topliss-reactive ketones (excluding diaryl/α,β-unsaturated/α-hetero) is 1. The molecule has 1 N–H and O–H groups in total. The summed E-state index contributed by atoms with van der Waals surface area (Å²) in [4.78, 5) is 24.6. The molecule has 162 valence electrons. The number of methoxy groups -OCH3 is 1. The Balaban J connectivity index is 2.06. The van der Waals surface area contributed by atoms with Crippen LogP contribution in [0, 0.1) is 0 Å². The molecule has 0 radical (unpaired) electrons. The van der Waals surface area contributed by atoms with E-state index < -0.39 is 27.2 Å². The molecule has 30 heavy (non-hydrogen) atoms. The van der Waals surface area contributed by atoms with Gasteiger partial charge >= 0.3 is 5.97 Å². The van der Waals surface area contributed by atoms with Crippen LogP contribution in [-0.2, 0) is 30.9 Å². The quantitative estimate of drug-likeness (QED) is 0.456. The summed E-state index contributed by atoms with van der Waals surface area (Å²) in [6, 6.07) is 10.2. The number of ketones is 1. The van der Waals surface area contributed by atoms with E-state index in [1.807, 2.05) is 49.7 Å². The van der Waals surface area contributed by atoms with Crippen molar-refractivity contribution >= 4 is 34.1 Å². The molecule has 0 aliphatic heterocycles. The number of carbonyl (C=O) groups is 2. The first-order valence-corrected chi connectivity index (χ1v) is 12.2. The van der Waals surface area contributed by atoms with Gasteiger partial charge in [0.2, 0.25) is 0 Å². The Morgan fingerprint density at radius 3 is 2.30 bits per heavy atom. The molecule has 0 spiro atoms. The number of esters is 1. The van der Waals surface area contributed by atoms with Crippen LogP contribution in [0.4, 0.5) is 0 Å². The van der Waals surface area contributed by atoms with Crippen molar-refractivity contribution in [2.24, 2.45) is 0 Å². The molecule has 7 heteroatoms. The van der Waals surface area contributed by atoms with Crippen molar-refractivity contribution in [2.45, 2.75) is 62.7 Å².